The molecule has 0 spiro atoms. The van der Waals surface area contributed by atoms with E-state index in [0.717, 1.165) is 18.7 Å². The van der Waals surface area contributed by atoms with Crippen LogP contribution in [0.15, 0.2) is 18.2 Å². The third-order valence-electron chi connectivity index (χ3n) is 2.64. The van der Waals surface area contributed by atoms with Gasteiger partial charge in [0.1, 0.15) is 5.69 Å². The Morgan fingerprint density at radius 2 is 2.12 bits per heavy atom. The molecule has 1 fully saturated rings. The summed E-state index contributed by atoms with van der Waals surface area (Å²) in [5.41, 5.74) is 4.59. The van der Waals surface area contributed by atoms with Crippen LogP contribution in [0.4, 0.5) is 11.4 Å². The minimum absolute atomic E-state index is 0.108. The van der Waals surface area contributed by atoms with E-state index in [2.05, 4.69) is 5.43 Å². The van der Waals surface area contributed by atoms with Crippen molar-refractivity contribution in [2.75, 3.05) is 31.7 Å². The molecule has 0 unspecified atom stereocenters. The molecule has 0 aromatic heterocycles. The first-order chi connectivity index (χ1) is 8.16. The van der Waals surface area contributed by atoms with Crippen LogP contribution in [0.3, 0.4) is 0 Å². The fraction of sp³-hybridized carbons (Fsp3) is 0.455. The van der Waals surface area contributed by atoms with Gasteiger partial charge in [0.2, 0.25) is 0 Å². The Morgan fingerprint density at radius 3 is 2.76 bits per heavy atom. The van der Waals surface area contributed by atoms with Gasteiger partial charge in [-0.1, -0.05) is 6.07 Å². The molecule has 92 valence electrons. The highest BCUT2D eigenvalue weighted by atomic mass is 16.6. The Balaban J connectivity index is 2.16. The highest BCUT2D eigenvalue weighted by Gasteiger charge is 2.17. The van der Waals surface area contributed by atoms with Gasteiger partial charge in [-0.15, -0.1) is 0 Å². The van der Waals surface area contributed by atoms with Crippen molar-refractivity contribution in [3.8, 4) is 0 Å². The van der Waals surface area contributed by atoms with Crippen LogP contribution in [0.5, 0.6) is 0 Å². The van der Waals surface area contributed by atoms with Crippen molar-refractivity contribution in [2.24, 2.45) is 0 Å². The molecule has 1 saturated heterocycles. The molecule has 1 aromatic carbocycles. The minimum atomic E-state index is -0.365. The number of morpholine rings is 1. The maximum atomic E-state index is 10.9. The molecule has 0 aliphatic carbocycles. The lowest BCUT2D eigenvalue weighted by Gasteiger charge is -2.27. The molecule has 6 nitrogen and oxygen atoms in total. The lowest BCUT2D eigenvalue weighted by molar-refractivity contribution is -0.384. The lowest BCUT2D eigenvalue weighted by Crippen LogP contribution is -2.40. The molecule has 1 heterocycles. The van der Waals surface area contributed by atoms with E-state index in [1.807, 2.05) is 18.0 Å². The fourth-order valence-electron chi connectivity index (χ4n) is 1.73. The van der Waals surface area contributed by atoms with Crippen molar-refractivity contribution in [3.05, 3.63) is 33.9 Å². The molecular formula is C11H15N3O3. The third kappa shape index (κ3) is 2.92. The van der Waals surface area contributed by atoms with Crippen LogP contribution < -0.4 is 5.43 Å². The van der Waals surface area contributed by atoms with Crippen molar-refractivity contribution in [1.29, 1.82) is 0 Å². The third-order valence-corrected chi connectivity index (χ3v) is 2.64. The molecule has 1 aromatic rings. The highest BCUT2D eigenvalue weighted by Crippen LogP contribution is 2.25. The number of hydrazine groups is 1. The van der Waals surface area contributed by atoms with E-state index in [4.69, 9.17) is 4.74 Å². The van der Waals surface area contributed by atoms with Crippen molar-refractivity contribution in [3.63, 3.8) is 0 Å². The quantitative estimate of drug-likeness (QED) is 0.638. The zero-order chi connectivity index (χ0) is 12.3. The van der Waals surface area contributed by atoms with Crippen LogP contribution in [-0.2, 0) is 4.74 Å². The van der Waals surface area contributed by atoms with Gasteiger partial charge in [-0.3, -0.25) is 10.1 Å². The number of nitro groups is 1. The predicted molar refractivity (Wildman–Crippen MR) is 63.8 cm³/mol. The Hall–Kier alpha value is -1.66. The van der Waals surface area contributed by atoms with Gasteiger partial charge in [0.05, 0.1) is 18.1 Å². The average Bonchev–Trinajstić information content (AvgIpc) is 2.32. The van der Waals surface area contributed by atoms with E-state index >= 15 is 0 Å². The van der Waals surface area contributed by atoms with Crippen molar-refractivity contribution >= 4 is 11.4 Å². The molecule has 6 heteroatoms. The summed E-state index contributed by atoms with van der Waals surface area (Å²) in [6.07, 6.45) is 0. The number of anilines is 1. The summed E-state index contributed by atoms with van der Waals surface area (Å²) in [5, 5.41) is 12.9. The van der Waals surface area contributed by atoms with E-state index in [0.29, 0.717) is 18.9 Å². The molecule has 1 N–H and O–H groups in total. The first kappa shape index (κ1) is 11.8. The number of hydrogen-bond donors (Lipinski definition) is 1. The summed E-state index contributed by atoms with van der Waals surface area (Å²) in [6.45, 7) is 4.58. The van der Waals surface area contributed by atoms with Crippen LogP contribution in [-0.4, -0.2) is 36.2 Å². The zero-order valence-corrected chi connectivity index (χ0v) is 9.68. The van der Waals surface area contributed by atoms with Gasteiger partial charge < -0.3 is 10.2 Å². The molecule has 0 amide bonds. The largest absolute Gasteiger partial charge is 0.379 e. The Kier molecular flexibility index (Phi) is 3.55. The fourth-order valence-corrected chi connectivity index (χ4v) is 1.73. The molecule has 0 bridgehead atoms. The van der Waals surface area contributed by atoms with Gasteiger partial charge in [-0.25, -0.2) is 5.01 Å². The second-order valence-corrected chi connectivity index (χ2v) is 3.99. The number of ether oxygens (including phenoxy) is 1. The maximum absolute atomic E-state index is 10.9. The van der Waals surface area contributed by atoms with Gasteiger partial charge in [-0.05, 0) is 18.6 Å². The standard InChI is InChI=1S/C11H15N3O3/c1-9-2-3-10(11(8-9)14(15)16)12-13-4-6-17-7-5-13/h2-3,8,12H,4-7H2,1H3. The monoisotopic (exact) mass is 237 g/mol. The minimum Gasteiger partial charge on any atom is -0.379 e. The SMILES string of the molecule is Cc1ccc(NN2CCOCC2)c([N+](=O)[O-])c1. The maximum Gasteiger partial charge on any atom is 0.293 e. The van der Waals surface area contributed by atoms with Crippen LogP contribution in [0.1, 0.15) is 5.56 Å². The molecule has 0 atom stereocenters. The second-order valence-electron chi connectivity index (χ2n) is 3.99. The van der Waals surface area contributed by atoms with Gasteiger partial charge in [-0.2, -0.15) is 0 Å². The van der Waals surface area contributed by atoms with Crippen LogP contribution >= 0.6 is 0 Å². The first-order valence-electron chi connectivity index (χ1n) is 5.51. The second kappa shape index (κ2) is 5.11. The number of benzene rings is 1. The van der Waals surface area contributed by atoms with Crippen molar-refractivity contribution in [2.45, 2.75) is 6.92 Å². The Morgan fingerprint density at radius 1 is 1.41 bits per heavy atom. The van der Waals surface area contributed by atoms with Gasteiger partial charge in [0.15, 0.2) is 0 Å². The number of hydrogen-bond acceptors (Lipinski definition) is 5. The van der Waals surface area contributed by atoms with Crippen LogP contribution in [0.25, 0.3) is 0 Å². The zero-order valence-electron chi connectivity index (χ0n) is 9.68. The summed E-state index contributed by atoms with van der Waals surface area (Å²) in [6, 6.07) is 5.17. The number of nitro benzene ring substituents is 1. The smallest absolute Gasteiger partial charge is 0.293 e. The summed E-state index contributed by atoms with van der Waals surface area (Å²) in [7, 11) is 0. The van der Waals surface area contributed by atoms with E-state index in [-0.39, 0.29) is 10.6 Å². The van der Waals surface area contributed by atoms with E-state index in [1.165, 1.54) is 0 Å². The van der Waals surface area contributed by atoms with E-state index in [9.17, 15) is 10.1 Å². The van der Waals surface area contributed by atoms with Gasteiger partial charge in [0.25, 0.3) is 5.69 Å². The lowest BCUT2D eigenvalue weighted by atomic mass is 10.2. The van der Waals surface area contributed by atoms with Gasteiger partial charge in [0, 0.05) is 19.2 Å². The summed E-state index contributed by atoms with van der Waals surface area (Å²) >= 11 is 0. The molecule has 1 aliphatic rings. The highest BCUT2D eigenvalue weighted by molar-refractivity contribution is 5.61. The number of rotatable bonds is 3. The molecule has 0 radical (unpaired) electrons. The van der Waals surface area contributed by atoms with Crippen LogP contribution in [0.2, 0.25) is 0 Å². The summed E-state index contributed by atoms with van der Waals surface area (Å²) in [4.78, 5) is 10.6. The molecule has 1 aliphatic heterocycles. The summed E-state index contributed by atoms with van der Waals surface area (Å²) in [5.74, 6) is 0. The summed E-state index contributed by atoms with van der Waals surface area (Å²) < 4.78 is 5.22. The van der Waals surface area contributed by atoms with Crippen molar-refractivity contribution in [1.82, 2.24) is 5.01 Å². The molecular weight excluding hydrogens is 222 g/mol. The van der Waals surface area contributed by atoms with E-state index in [1.54, 1.807) is 12.1 Å². The normalized spacial score (nSPS) is 16.8. The number of nitrogens with one attached hydrogen (secondary N) is 1. The van der Waals surface area contributed by atoms with Gasteiger partial charge >= 0.3 is 0 Å². The number of nitrogens with zero attached hydrogens (tertiary/aromatic N) is 2. The predicted octanol–water partition coefficient (Wildman–Crippen LogP) is 1.56. The topological polar surface area (TPSA) is 67.6 Å². The Labute approximate surface area is 99.3 Å². The molecule has 2 rings (SSSR count). The first-order valence-corrected chi connectivity index (χ1v) is 5.51. The number of aryl methyl sites for hydroxylation is 1. The molecule has 0 saturated carbocycles. The Bertz CT molecular complexity index is 416. The van der Waals surface area contributed by atoms with Crippen LogP contribution in [0, 0.1) is 17.0 Å². The average molecular weight is 237 g/mol. The molecule has 17 heavy (non-hydrogen) atoms. The van der Waals surface area contributed by atoms with Crippen molar-refractivity contribution < 1.29 is 9.66 Å². The van der Waals surface area contributed by atoms with E-state index < -0.39 is 0 Å².